The van der Waals surface area contributed by atoms with Crippen molar-refractivity contribution in [3.05, 3.63) is 24.0 Å². The maximum Gasteiger partial charge on any atom is 0.326 e. The molecule has 0 aliphatic carbocycles. The number of amides is 1. The van der Waals surface area contributed by atoms with Crippen LogP contribution in [0, 0.1) is 5.41 Å². The third-order valence-corrected chi connectivity index (χ3v) is 2.64. The van der Waals surface area contributed by atoms with Crippen LogP contribution in [0.4, 0.5) is 0 Å². The largest absolute Gasteiger partial charge is 0.494 e. The summed E-state index contributed by atoms with van der Waals surface area (Å²) < 4.78 is 5.02. The van der Waals surface area contributed by atoms with Crippen molar-refractivity contribution in [2.24, 2.45) is 5.41 Å². The van der Waals surface area contributed by atoms with E-state index in [9.17, 15) is 14.7 Å². The van der Waals surface area contributed by atoms with Crippen molar-refractivity contribution < 1.29 is 19.4 Å². The average Bonchev–Trinajstić information content (AvgIpc) is 2.33. The number of nitrogens with one attached hydrogen (secondary N) is 1. The molecular formula is C13H18N2O4. The Kier molecular flexibility index (Phi) is 4.47. The Balaban J connectivity index is 2.98. The highest BCUT2D eigenvalue weighted by Crippen LogP contribution is 2.21. The molecule has 0 radical (unpaired) electrons. The summed E-state index contributed by atoms with van der Waals surface area (Å²) in [7, 11) is 1.42. The van der Waals surface area contributed by atoms with Crippen LogP contribution < -0.4 is 10.1 Å². The molecule has 0 aliphatic heterocycles. The second-order valence-electron chi connectivity index (χ2n) is 5.19. The molecule has 0 saturated heterocycles. The van der Waals surface area contributed by atoms with Gasteiger partial charge in [0.2, 0.25) is 0 Å². The molecule has 1 aromatic rings. The number of aromatic nitrogens is 1. The molecule has 0 aromatic carbocycles. The van der Waals surface area contributed by atoms with Gasteiger partial charge >= 0.3 is 5.97 Å². The van der Waals surface area contributed by atoms with Crippen LogP contribution in [0.1, 0.15) is 31.1 Å². The zero-order chi connectivity index (χ0) is 14.6. The molecule has 1 aromatic heterocycles. The van der Waals surface area contributed by atoms with Crippen molar-refractivity contribution in [2.45, 2.75) is 26.8 Å². The fraction of sp³-hybridized carbons (Fsp3) is 0.462. The minimum atomic E-state index is -1.08. The number of hydrogen-bond acceptors (Lipinski definition) is 4. The normalized spacial score (nSPS) is 12.6. The lowest BCUT2D eigenvalue weighted by Crippen LogP contribution is -2.49. The SMILES string of the molecule is COc1cnccc1C(=O)NC(C(=O)O)C(C)(C)C. The molecule has 0 fully saturated rings. The Morgan fingerprint density at radius 1 is 1.42 bits per heavy atom. The number of rotatable bonds is 4. The van der Waals surface area contributed by atoms with E-state index < -0.39 is 23.3 Å². The first kappa shape index (κ1) is 14.9. The number of ether oxygens (including phenoxy) is 1. The van der Waals surface area contributed by atoms with Crippen LogP contribution in [0.3, 0.4) is 0 Å². The second-order valence-corrected chi connectivity index (χ2v) is 5.19. The van der Waals surface area contributed by atoms with Crippen LogP contribution in [0.2, 0.25) is 0 Å². The number of hydrogen-bond donors (Lipinski definition) is 2. The van der Waals surface area contributed by atoms with E-state index >= 15 is 0 Å². The van der Waals surface area contributed by atoms with Crippen LogP contribution in [0.25, 0.3) is 0 Å². The molecule has 0 saturated carbocycles. The van der Waals surface area contributed by atoms with Crippen molar-refractivity contribution >= 4 is 11.9 Å². The summed E-state index contributed by atoms with van der Waals surface area (Å²) in [5.41, 5.74) is -0.338. The van der Waals surface area contributed by atoms with Gasteiger partial charge in [0.05, 0.1) is 18.9 Å². The van der Waals surface area contributed by atoms with Crippen molar-refractivity contribution in [3.63, 3.8) is 0 Å². The number of pyridine rings is 1. The van der Waals surface area contributed by atoms with Gasteiger partial charge in [0, 0.05) is 6.20 Å². The van der Waals surface area contributed by atoms with Gasteiger partial charge in [-0.2, -0.15) is 0 Å². The number of carboxylic acid groups (broad SMARTS) is 1. The van der Waals surface area contributed by atoms with Crippen molar-refractivity contribution in [3.8, 4) is 5.75 Å². The van der Waals surface area contributed by atoms with Crippen molar-refractivity contribution in [1.82, 2.24) is 10.3 Å². The first-order valence-electron chi connectivity index (χ1n) is 5.79. The highest BCUT2D eigenvalue weighted by Gasteiger charge is 2.33. The highest BCUT2D eigenvalue weighted by atomic mass is 16.5. The molecule has 1 heterocycles. The summed E-state index contributed by atoms with van der Waals surface area (Å²) in [4.78, 5) is 27.2. The molecule has 1 unspecified atom stereocenters. The van der Waals surface area contributed by atoms with E-state index in [1.54, 1.807) is 20.8 Å². The van der Waals surface area contributed by atoms with Crippen LogP contribution in [-0.4, -0.2) is 35.1 Å². The first-order valence-corrected chi connectivity index (χ1v) is 5.79. The zero-order valence-electron chi connectivity index (χ0n) is 11.4. The smallest absolute Gasteiger partial charge is 0.326 e. The number of methoxy groups -OCH3 is 1. The Morgan fingerprint density at radius 2 is 2.05 bits per heavy atom. The van der Waals surface area contributed by atoms with Gasteiger partial charge in [-0.25, -0.2) is 4.79 Å². The maximum atomic E-state index is 12.1. The van der Waals surface area contributed by atoms with E-state index in [2.05, 4.69) is 10.3 Å². The van der Waals surface area contributed by atoms with Gasteiger partial charge in [0.25, 0.3) is 5.91 Å². The van der Waals surface area contributed by atoms with E-state index in [0.717, 1.165) is 0 Å². The van der Waals surface area contributed by atoms with Gasteiger partial charge in [0.1, 0.15) is 11.8 Å². The number of carboxylic acids is 1. The lowest BCUT2D eigenvalue weighted by atomic mass is 9.86. The third-order valence-electron chi connectivity index (χ3n) is 2.64. The molecule has 0 spiro atoms. The zero-order valence-corrected chi connectivity index (χ0v) is 11.4. The van der Waals surface area contributed by atoms with Gasteiger partial charge in [0.15, 0.2) is 0 Å². The number of carbonyl (C=O) groups excluding carboxylic acids is 1. The topological polar surface area (TPSA) is 88.5 Å². The van der Waals surface area contributed by atoms with Gasteiger partial charge in [-0.1, -0.05) is 20.8 Å². The molecule has 0 aliphatic rings. The fourth-order valence-electron chi connectivity index (χ4n) is 1.59. The number of aliphatic carboxylic acids is 1. The summed E-state index contributed by atoms with van der Waals surface area (Å²) in [6.45, 7) is 5.24. The second kappa shape index (κ2) is 5.69. The van der Waals surface area contributed by atoms with Gasteiger partial charge in [-0.05, 0) is 11.5 Å². The molecular weight excluding hydrogens is 248 g/mol. The predicted molar refractivity (Wildman–Crippen MR) is 69.1 cm³/mol. The van der Waals surface area contributed by atoms with Gasteiger partial charge < -0.3 is 15.2 Å². The molecule has 6 heteroatoms. The third kappa shape index (κ3) is 3.67. The molecule has 6 nitrogen and oxygen atoms in total. The minimum Gasteiger partial charge on any atom is -0.494 e. The van der Waals surface area contributed by atoms with Crippen LogP contribution in [-0.2, 0) is 4.79 Å². The van der Waals surface area contributed by atoms with E-state index in [0.29, 0.717) is 5.75 Å². The summed E-state index contributed by atoms with van der Waals surface area (Å²) in [6, 6.07) is 0.494. The van der Waals surface area contributed by atoms with Crippen molar-refractivity contribution in [1.29, 1.82) is 0 Å². The van der Waals surface area contributed by atoms with E-state index in [4.69, 9.17) is 4.74 Å². The molecule has 0 bridgehead atoms. The number of nitrogens with zero attached hydrogens (tertiary/aromatic N) is 1. The van der Waals surface area contributed by atoms with Gasteiger partial charge in [-0.15, -0.1) is 0 Å². The number of carbonyl (C=O) groups is 2. The Labute approximate surface area is 111 Å². The monoisotopic (exact) mass is 266 g/mol. The van der Waals surface area contributed by atoms with Crippen molar-refractivity contribution in [2.75, 3.05) is 7.11 Å². The van der Waals surface area contributed by atoms with E-state index in [1.807, 2.05) is 0 Å². The molecule has 2 N–H and O–H groups in total. The lowest BCUT2D eigenvalue weighted by Gasteiger charge is -2.27. The molecule has 104 valence electrons. The minimum absolute atomic E-state index is 0.257. The van der Waals surface area contributed by atoms with Crippen LogP contribution in [0.15, 0.2) is 18.5 Å². The molecule has 1 amide bonds. The standard InChI is InChI=1S/C13H18N2O4/c1-13(2,3)10(12(17)18)15-11(16)8-5-6-14-7-9(8)19-4/h5-7,10H,1-4H3,(H,15,16)(H,17,18). The molecule has 19 heavy (non-hydrogen) atoms. The highest BCUT2D eigenvalue weighted by molar-refractivity contribution is 5.98. The summed E-state index contributed by atoms with van der Waals surface area (Å²) in [5.74, 6) is -1.27. The summed E-state index contributed by atoms with van der Waals surface area (Å²) in [6.07, 6.45) is 2.85. The molecule has 1 atom stereocenters. The lowest BCUT2D eigenvalue weighted by molar-refractivity contribution is -0.142. The van der Waals surface area contributed by atoms with E-state index in [-0.39, 0.29) is 5.56 Å². The maximum absolute atomic E-state index is 12.1. The quantitative estimate of drug-likeness (QED) is 0.858. The Hall–Kier alpha value is -2.11. The van der Waals surface area contributed by atoms with Gasteiger partial charge in [-0.3, -0.25) is 9.78 Å². The first-order chi connectivity index (χ1) is 8.77. The average molecular weight is 266 g/mol. The predicted octanol–water partition coefficient (Wildman–Crippen LogP) is 1.32. The van der Waals surface area contributed by atoms with Crippen LogP contribution in [0.5, 0.6) is 5.75 Å². The fourth-order valence-corrected chi connectivity index (χ4v) is 1.59. The summed E-state index contributed by atoms with van der Waals surface area (Å²) >= 11 is 0. The molecule has 1 rings (SSSR count). The summed E-state index contributed by atoms with van der Waals surface area (Å²) in [5, 5.41) is 11.7. The Bertz CT molecular complexity index is 480. The Morgan fingerprint density at radius 3 is 2.53 bits per heavy atom. The van der Waals surface area contributed by atoms with E-state index in [1.165, 1.54) is 25.6 Å². The van der Waals surface area contributed by atoms with Crippen LogP contribution >= 0.6 is 0 Å².